The molecule has 4 nitrogen and oxygen atoms in total. The van der Waals surface area contributed by atoms with Crippen molar-refractivity contribution in [1.29, 1.82) is 0 Å². The van der Waals surface area contributed by atoms with E-state index in [-0.39, 0.29) is 12.1 Å². The van der Waals surface area contributed by atoms with E-state index in [1.165, 1.54) is 12.8 Å². The molecular weight excluding hydrogens is 266 g/mol. The van der Waals surface area contributed by atoms with Crippen LogP contribution in [0, 0.1) is 5.92 Å². The Labute approximate surface area is 131 Å². The average Bonchev–Trinajstić information content (AvgIpc) is 2.43. The Morgan fingerprint density at radius 2 is 1.86 bits per heavy atom. The van der Waals surface area contributed by atoms with E-state index in [0.717, 1.165) is 19.6 Å². The summed E-state index contributed by atoms with van der Waals surface area (Å²) in [5, 5.41) is 3.32. The summed E-state index contributed by atoms with van der Waals surface area (Å²) < 4.78 is 11.1. The van der Waals surface area contributed by atoms with Gasteiger partial charge in [0.15, 0.2) is 0 Å². The second-order valence-corrected chi connectivity index (χ2v) is 6.22. The summed E-state index contributed by atoms with van der Waals surface area (Å²) >= 11 is 0. The van der Waals surface area contributed by atoms with Gasteiger partial charge in [-0.1, -0.05) is 27.2 Å². The van der Waals surface area contributed by atoms with E-state index in [4.69, 9.17) is 9.47 Å². The van der Waals surface area contributed by atoms with Crippen LogP contribution in [0.25, 0.3) is 0 Å². The van der Waals surface area contributed by atoms with Crippen LogP contribution >= 0.6 is 0 Å². The third-order valence-corrected chi connectivity index (χ3v) is 3.63. The number of esters is 1. The Bertz CT molecular complexity index is 283. The van der Waals surface area contributed by atoms with Crippen molar-refractivity contribution < 1.29 is 14.3 Å². The minimum Gasteiger partial charge on any atom is -0.465 e. The predicted octanol–water partition coefficient (Wildman–Crippen LogP) is 3.54. The van der Waals surface area contributed by atoms with Crippen LogP contribution in [0.3, 0.4) is 0 Å². The third kappa shape index (κ3) is 8.42. The molecule has 4 heteroatoms. The summed E-state index contributed by atoms with van der Waals surface area (Å²) in [4.78, 5) is 12.2. The highest BCUT2D eigenvalue weighted by molar-refractivity contribution is 5.80. The molecule has 0 heterocycles. The molecule has 0 aromatic heterocycles. The quantitative estimate of drug-likeness (QED) is 0.560. The highest BCUT2D eigenvalue weighted by atomic mass is 16.5. The van der Waals surface area contributed by atoms with E-state index in [1.54, 1.807) is 0 Å². The maximum atomic E-state index is 12.2. The molecule has 0 amide bonds. The molecule has 0 spiro atoms. The number of nitrogens with one attached hydrogen (secondary N) is 1. The fourth-order valence-electron chi connectivity index (χ4n) is 2.46. The molecule has 1 N–H and O–H groups in total. The normalized spacial score (nSPS) is 17.0. The van der Waals surface area contributed by atoms with Gasteiger partial charge >= 0.3 is 5.97 Å². The van der Waals surface area contributed by atoms with Crippen LogP contribution in [-0.4, -0.2) is 37.4 Å². The van der Waals surface area contributed by atoms with Gasteiger partial charge in [0.2, 0.25) is 0 Å². The maximum Gasteiger partial charge on any atom is 0.326 e. The van der Waals surface area contributed by atoms with Crippen molar-refractivity contribution >= 4 is 5.97 Å². The number of rotatable bonds is 12. The first-order valence-corrected chi connectivity index (χ1v) is 8.43. The summed E-state index contributed by atoms with van der Waals surface area (Å²) in [5.41, 5.74) is -0.667. The van der Waals surface area contributed by atoms with Crippen LogP contribution in [-0.2, 0) is 14.3 Å². The first kappa shape index (κ1) is 20.4. The molecule has 0 fully saturated rings. The fraction of sp³-hybridized carbons (Fsp3) is 0.941. The SMILES string of the molecule is CCCNC(C)(CC(C)OCC(C)CCC)C(=O)OCC. The van der Waals surface area contributed by atoms with Gasteiger partial charge in [-0.3, -0.25) is 4.79 Å². The molecule has 126 valence electrons. The van der Waals surface area contributed by atoms with Gasteiger partial charge in [-0.25, -0.2) is 0 Å². The van der Waals surface area contributed by atoms with Gasteiger partial charge in [-0.05, 0) is 46.1 Å². The average molecular weight is 301 g/mol. The van der Waals surface area contributed by atoms with Crippen molar-refractivity contribution in [2.24, 2.45) is 5.92 Å². The van der Waals surface area contributed by atoms with E-state index in [2.05, 4.69) is 26.1 Å². The number of ether oxygens (including phenoxy) is 2. The molecule has 3 atom stereocenters. The zero-order chi connectivity index (χ0) is 16.3. The van der Waals surface area contributed by atoms with Crippen LogP contribution in [0.1, 0.15) is 67.2 Å². The van der Waals surface area contributed by atoms with E-state index < -0.39 is 5.54 Å². The summed E-state index contributed by atoms with van der Waals surface area (Å²) in [6, 6.07) is 0. The molecule has 0 bridgehead atoms. The Hall–Kier alpha value is -0.610. The lowest BCUT2D eigenvalue weighted by Crippen LogP contribution is -2.52. The highest BCUT2D eigenvalue weighted by Gasteiger charge is 2.35. The van der Waals surface area contributed by atoms with Gasteiger partial charge in [-0.2, -0.15) is 0 Å². The molecular formula is C17H35NO3. The first-order valence-electron chi connectivity index (χ1n) is 8.43. The van der Waals surface area contributed by atoms with Crippen molar-refractivity contribution in [3.05, 3.63) is 0 Å². The first-order chi connectivity index (χ1) is 9.89. The van der Waals surface area contributed by atoms with Crippen LogP contribution in [0.5, 0.6) is 0 Å². The fourth-order valence-corrected chi connectivity index (χ4v) is 2.46. The largest absolute Gasteiger partial charge is 0.465 e. The van der Waals surface area contributed by atoms with Crippen molar-refractivity contribution in [2.45, 2.75) is 78.9 Å². The Kier molecular flexibility index (Phi) is 10.7. The third-order valence-electron chi connectivity index (χ3n) is 3.63. The summed E-state index contributed by atoms with van der Waals surface area (Å²) in [7, 11) is 0. The molecule has 0 aliphatic heterocycles. The Morgan fingerprint density at radius 3 is 2.38 bits per heavy atom. The second kappa shape index (κ2) is 11.0. The van der Waals surface area contributed by atoms with Crippen molar-refractivity contribution in [3.63, 3.8) is 0 Å². The molecule has 0 aliphatic carbocycles. The topological polar surface area (TPSA) is 47.6 Å². The lowest BCUT2D eigenvalue weighted by atomic mass is 9.94. The highest BCUT2D eigenvalue weighted by Crippen LogP contribution is 2.18. The van der Waals surface area contributed by atoms with Crippen LogP contribution < -0.4 is 5.32 Å². The lowest BCUT2D eigenvalue weighted by Gasteiger charge is -2.31. The maximum absolute atomic E-state index is 12.2. The summed E-state index contributed by atoms with van der Waals surface area (Å²) in [6.45, 7) is 14.2. The monoisotopic (exact) mass is 301 g/mol. The Morgan fingerprint density at radius 1 is 1.19 bits per heavy atom. The number of hydrogen-bond acceptors (Lipinski definition) is 4. The smallest absolute Gasteiger partial charge is 0.326 e. The zero-order valence-corrected chi connectivity index (χ0v) is 14.8. The van der Waals surface area contributed by atoms with E-state index in [9.17, 15) is 4.79 Å². The van der Waals surface area contributed by atoms with E-state index in [0.29, 0.717) is 18.9 Å². The van der Waals surface area contributed by atoms with Gasteiger partial charge < -0.3 is 14.8 Å². The van der Waals surface area contributed by atoms with Gasteiger partial charge in [0.05, 0.1) is 12.7 Å². The molecule has 21 heavy (non-hydrogen) atoms. The molecule has 0 saturated carbocycles. The zero-order valence-electron chi connectivity index (χ0n) is 14.8. The molecule has 0 aromatic carbocycles. The molecule has 3 unspecified atom stereocenters. The van der Waals surface area contributed by atoms with Crippen molar-refractivity contribution in [2.75, 3.05) is 19.8 Å². The molecule has 0 aliphatic rings. The van der Waals surface area contributed by atoms with Gasteiger partial charge in [0.25, 0.3) is 0 Å². The summed E-state index contributed by atoms with van der Waals surface area (Å²) in [5.74, 6) is 0.380. The molecule has 0 rings (SSSR count). The van der Waals surface area contributed by atoms with E-state index >= 15 is 0 Å². The van der Waals surface area contributed by atoms with Crippen molar-refractivity contribution in [3.8, 4) is 0 Å². The number of carbonyl (C=O) groups is 1. The molecule has 0 radical (unpaired) electrons. The van der Waals surface area contributed by atoms with Crippen LogP contribution in [0.15, 0.2) is 0 Å². The summed E-state index contributed by atoms with van der Waals surface area (Å²) in [6.07, 6.45) is 4.00. The molecule has 0 saturated heterocycles. The van der Waals surface area contributed by atoms with Gasteiger partial charge in [-0.15, -0.1) is 0 Å². The lowest BCUT2D eigenvalue weighted by molar-refractivity contribution is -0.152. The van der Waals surface area contributed by atoms with Crippen LogP contribution in [0.4, 0.5) is 0 Å². The predicted molar refractivity (Wildman–Crippen MR) is 87.4 cm³/mol. The van der Waals surface area contributed by atoms with Gasteiger partial charge in [0.1, 0.15) is 5.54 Å². The van der Waals surface area contributed by atoms with Gasteiger partial charge in [0, 0.05) is 13.0 Å². The molecule has 0 aromatic rings. The van der Waals surface area contributed by atoms with Crippen LogP contribution in [0.2, 0.25) is 0 Å². The standard InChI is InChI=1S/C17H35NO3/c1-7-10-14(4)13-21-15(5)12-17(6,18-11-8-2)16(19)20-9-3/h14-15,18H,7-13H2,1-6H3. The Balaban J connectivity index is 4.47. The minimum absolute atomic E-state index is 0.0306. The van der Waals surface area contributed by atoms with Crippen molar-refractivity contribution in [1.82, 2.24) is 5.32 Å². The number of carbonyl (C=O) groups excluding carboxylic acids is 1. The van der Waals surface area contributed by atoms with E-state index in [1.807, 2.05) is 20.8 Å². The second-order valence-electron chi connectivity index (χ2n) is 6.22. The minimum atomic E-state index is -0.667. The number of hydrogen-bond donors (Lipinski definition) is 1.